The van der Waals surface area contributed by atoms with Gasteiger partial charge in [0.05, 0.1) is 0 Å². The Morgan fingerprint density at radius 2 is 1.86 bits per heavy atom. The molecule has 4 N–H and O–H groups in total. The first-order valence-corrected chi connectivity index (χ1v) is 3.76. The second kappa shape index (κ2) is 4.49. The van der Waals surface area contributed by atoms with Gasteiger partial charge in [-0.15, -0.1) is 0 Å². The predicted molar refractivity (Wildman–Crippen MR) is 49.6 cm³/mol. The van der Waals surface area contributed by atoms with Crippen molar-refractivity contribution in [3.63, 3.8) is 0 Å². The molecule has 0 aliphatic heterocycles. The average Bonchev–Trinajstić information content (AvgIpc) is 2.18. The lowest BCUT2D eigenvalue weighted by molar-refractivity contribution is 0.0993. The fourth-order valence-electron chi connectivity index (χ4n) is 0.908. The molecule has 6 nitrogen and oxygen atoms in total. The Morgan fingerprint density at radius 3 is 2.29 bits per heavy atom. The SMILES string of the molecule is NN=NC(=O)c1ccc(B(O)O)cc1. The highest BCUT2D eigenvalue weighted by atomic mass is 16.4. The molecule has 0 saturated carbocycles. The normalized spacial score (nSPS) is 10.4. The summed E-state index contributed by atoms with van der Waals surface area (Å²) >= 11 is 0. The van der Waals surface area contributed by atoms with Crippen LogP contribution in [0.15, 0.2) is 34.6 Å². The van der Waals surface area contributed by atoms with Gasteiger partial charge in [0.1, 0.15) is 0 Å². The third kappa shape index (κ3) is 2.38. The van der Waals surface area contributed by atoms with Gasteiger partial charge in [-0.25, -0.2) is 0 Å². The van der Waals surface area contributed by atoms with Gasteiger partial charge in [-0.2, -0.15) is 0 Å². The molecule has 0 atom stereocenters. The number of rotatable bonds is 2. The minimum absolute atomic E-state index is 0.281. The smallest absolute Gasteiger partial charge is 0.423 e. The van der Waals surface area contributed by atoms with E-state index in [4.69, 9.17) is 15.9 Å². The van der Waals surface area contributed by atoms with Crippen LogP contribution < -0.4 is 11.3 Å². The van der Waals surface area contributed by atoms with Crippen molar-refractivity contribution < 1.29 is 14.8 Å². The van der Waals surface area contributed by atoms with Crippen molar-refractivity contribution in [3.8, 4) is 0 Å². The summed E-state index contributed by atoms with van der Waals surface area (Å²) in [7, 11) is -1.55. The van der Waals surface area contributed by atoms with Crippen LogP contribution in [0, 0.1) is 0 Å². The molecule has 0 aliphatic rings. The highest BCUT2D eigenvalue weighted by molar-refractivity contribution is 6.58. The molecule has 72 valence electrons. The molecule has 0 aromatic heterocycles. The van der Waals surface area contributed by atoms with Crippen molar-refractivity contribution in [3.05, 3.63) is 29.8 Å². The number of carbonyl (C=O) groups is 1. The van der Waals surface area contributed by atoms with Gasteiger partial charge in [0.25, 0.3) is 5.91 Å². The Hall–Kier alpha value is -1.73. The number of amides is 1. The number of hydrogen-bond donors (Lipinski definition) is 3. The van der Waals surface area contributed by atoms with E-state index in [0.717, 1.165) is 0 Å². The monoisotopic (exact) mass is 193 g/mol. The van der Waals surface area contributed by atoms with Crippen molar-refractivity contribution in [2.75, 3.05) is 0 Å². The number of hydrogen-bond acceptors (Lipinski definition) is 4. The lowest BCUT2D eigenvalue weighted by Gasteiger charge is -1.98. The van der Waals surface area contributed by atoms with E-state index < -0.39 is 13.0 Å². The standard InChI is InChI=1S/C7H8BN3O3/c9-11-10-7(12)5-1-3-6(4-2-5)8(13)14/h1-4,13-14H,(H2,9,10,12). The molecule has 14 heavy (non-hydrogen) atoms. The van der Waals surface area contributed by atoms with E-state index in [-0.39, 0.29) is 5.56 Å². The van der Waals surface area contributed by atoms with E-state index in [9.17, 15) is 4.79 Å². The number of carbonyl (C=O) groups excluding carboxylic acids is 1. The Morgan fingerprint density at radius 1 is 1.29 bits per heavy atom. The van der Waals surface area contributed by atoms with Gasteiger partial charge in [-0.1, -0.05) is 22.5 Å². The minimum Gasteiger partial charge on any atom is -0.423 e. The molecule has 0 bridgehead atoms. The summed E-state index contributed by atoms with van der Waals surface area (Å²) in [6, 6.07) is 5.63. The van der Waals surface area contributed by atoms with Crippen LogP contribution >= 0.6 is 0 Å². The molecule has 0 aliphatic carbocycles. The maximum Gasteiger partial charge on any atom is 0.488 e. The molecule has 0 heterocycles. The molecule has 1 aromatic carbocycles. The third-order valence-electron chi connectivity index (χ3n) is 1.60. The molecule has 1 aromatic rings. The van der Waals surface area contributed by atoms with Crippen LogP contribution in [-0.2, 0) is 0 Å². The second-order valence-electron chi connectivity index (χ2n) is 2.52. The molecule has 0 fully saturated rings. The summed E-state index contributed by atoms with van der Waals surface area (Å²) in [5.41, 5.74) is 0.579. The summed E-state index contributed by atoms with van der Waals surface area (Å²) < 4.78 is 0. The van der Waals surface area contributed by atoms with E-state index in [2.05, 4.69) is 10.3 Å². The molecule has 1 rings (SSSR count). The predicted octanol–water partition coefficient (Wildman–Crippen LogP) is -1.17. The molecule has 0 saturated heterocycles. The summed E-state index contributed by atoms with van der Waals surface area (Å²) in [6.07, 6.45) is 0. The fraction of sp³-hybridized carbons (Fsp3) is 0. The topological polar surface area (TPSA) is 108 Å². The van der Waals surface area contributed by atoms with Crippen LogP contribution in [0.2, 0.25) is 0 Å². The average molecular weight is 193 g/mol. The maximum atomic E-state index is 11.1. The van der Waals surface area contributed by atoms with Gasteiger partial charge in [-0.3, -0.25) is 4.79 Å². The van der Waals surface area contributed by atoms with Gasteiger partial charge in [-0.05, 0) is 17.6 Å². The van der Waals surface area contributed by atoms with E-state index in [1.165, 1.54) is 24.3 Å². The fourth-order valence-corrected chi connectivity index (χ4v) is 0.908. The van der Waals surface area contributed by atoms with Crippen LogP contribution in [0.25, 0.3) is 0 Å². The van der Waals surface area contributed by atoms with E-state index in [0.29, 0.717) is 5.46 Å². The molecular weight excluding hydrogens is 185 g/mol. The van der Waals surface area contributed by atoms with Crippen molar-refractivity contribution >= 4 is 18.5 Å². The van der Waals surface area contributed by atoms with Crippen LogP contribution in [-0.4, -0.2) is 23.1 Å². The Labute approximate surface area is 80.2 Å². The summed E-state index contributed by atoms with van der Waals surface area (Å²) in [5, 5.41) is 23.5. The van der Waals surface area contributed by atoms with E-state index >= 15 is 0 Å². The van der Waals surface area contributed by atoms with Crippen LogP contribution in [0.3, 0.4) is 0 Å². The highest BCUT2D eigenvalue weighted by Crippen LogP contribution is 1.99. The van der Waals surface area contributed by atoms with Gasteiger partial charge in [0.15, 0.2) is 0 Å². The lowest BCUT2D eigenvalue weighted by atomic mass is 9.80. The Kier molecular flexibility index (Phi) is 3.32. The first-order valence-electron chi connectivity index (χ1n) is 3.76. The maximum absolute atomic E-state index is 11.1. The van der Waals surface area contributed by atoms with E-state index in [1.807, 2.05) is 0 Å². The molecular formula is C7H8BN3O3. The largest absolute Gasteiger partial charge is 0.488 e. The van der Waals surface area contributed by atoms with Crippen LogP contribution in [0.1, 0.15) is 10.4 Å². The summed E-state index contributed by atoms with van der Waals surface area (Å²) in [4.78, 5) is 11.1. The first kappa shape index (κ1) is 10.4. The molecule has 1 amide bonds. The Balaban J connectivity index is 2.88. The molecule has 0 spiro atoms. The van der Waals surface area contributed by atoms with Crippen molar-refractivity contribution in [2.24, 2.45) is 16.2 Å². The third-order valence-corrected chi connectivity index (χ3v) is 1.60. The highest BCUT2D eigenvalue weighted by Gasteiger charge is 2.11. The van der Waals surface area contributed by atoms with Gasteiger partial charge < -0.3 is 15.9 Å². The van der Waals surface area contributed by atoms with Crippen molar-refractivity contribution in [1.29, 1.82) is 0 Å². The quantitative estimate of drug-likeness (QED) is 0.238. The van der Waals surface area contributed by atoms with Crippen molar-refractivity contribution in [2.45, 2.75) is 0 Å². The zero-order valence-corrected chi connectivity index (χ0v) is 7.16. The minimum atomic E-state index is -1.55. The molecule has 7 heteroatoms. The first-order chi connectivity index (χ1) is 6.65. The van der Waals surface area contributed by atoms with Gasteiger partial charge in [0.2, 0.25) is 0 Å². The zero-order chi connectivity index (χ0) is 10.6. The van der Waals surface area contributed by atoms with Crippen LogP contribution in [0.5, 0.6) is 0 Å². The molecule has 0 unspecified atom stereocenters. The Bertz CT molecular complexity index is 350. The van der Waals surface area contributed by atoms with E-state index in [1.54, 1.807) is 0 Å². The summed E-state index contributed by atoms with van der Waals surface area (Å²) in [5.74, 6) is 4.13. The summed E-state index contributed by atoms with van der Waals surface area (Å²) in [6.45, 7) is 0. The molecule has 0 radical (unpaired) electrons. The zero-order valence-electron chi connectivity index (χ0n) is 7.16. The van der Waals surface area contributed by atoms with Crippen molar-refractivity contribution in [1.82, 2.24) is 0 Å². The van der Waals surface area contributed by atoms with Crippen LogP contribution in [0.4, 0.5) is 0 Å². The van der Waals surface area contributed by atoms with Gasteiger partial charge in [0, 0.05) is 5.56 Å². The second-order valence-corrected chi connectivity index (χ2v) is 2.52. The van der Waals surface area contributed by atoms with Gasteiger partial charge >= 0.3 is 7.12 Å². The number of benzene rings is 1. The lowest BCUT2D eigenvalue weighted by Crippen LogP contribution is -2.29. The number of nitrogens with zero attached hydrogens (tertiary/aromatic N) is 2. The number of nitrogens with two attached hydrogens (primary N) is 1.